The second kappa shape index (κ2) is 16.4. The molecule has 0 saturated heterocycles. The summed E-state index contributed by atoms with van der Waals surface area (Å²) in [6.07, 6.45) is 0.745. The lowest BCUT2D eigenvalue weighted by molar-refractivity contribution is -0.163. The molecule has 9 heteroatoms. The second-order valence-electron chi connectivity index (χ2n) is 8.12. The molecule has 0 N–H and O–H groups in total. The van der Waals surface area contributed by atoms with E-state index >= 15 is 0 Å². The lowest BCUT2D eigenvalue weighted by Crippen LogP contribution is -2.29. The van der Waals surface area contributed by atoms with Crippen molar-refractivity contribution in [2.24, 2.45) is 0 Å². The van der Waals surface area contributed by atoms with Crippen LogP contribution in [0.4, 0.5) is 0 Å². The molecule has 30 heavy (non-hydrogen) atoms. The molecule has 0 unspecified atom stereocenters. The molecule has 0 fully saturated rings. The van der Waals surface area contributed by atoms with E-state index in [1.54, 1.807) is 20.8 Å². The molecule has 0 aromatic heterocycles. The number of esters is 2. The molecule has 0 saturated carbocycles. The maximum absolute atomic E-state index is 11.6. The summed E-state index contributed by atoms with van der Waals surface area (Å²) in [5.41, 5.74) is -0.976. The number of ether oxygens (including phenoxy) is 7. The van der Waals surface area contributed by atoms with E-state index in [2.05, 4.69) is 0 Å². The molecule has 0 rings (SSSR count). The van der Waals surface area contributed by atoms with Gasteiger partial charge in [-0.2, -0.15) is 0 Å². The maximum Gasteiger partial charge on any atom is 0.332 e. The molecule has 0 aliphatic heterocycles. The van der Waals surface area contributed by atoms with Crippen LogP contribution in [0.1, 0.15) is 48.0 Å². The molecule has 0 spiro atoms. The van der Waals surface area contributed by atoms with Crippen molar-refractivity contribution >= 4 is 11.9 Å². The zero-order valence-electron chi connectivity index (χ0n) is 19.5. The third-order valence-electron chi connectivity index (χ3n) is 3.59. The highest BCUT2D eigenvalue weighted by molar-refractivity contribution is 5.71. The van der Waals surface area contributed by atoms with Gasteiger partial charge in [0.15, 0.2) is 0 Å². The van der Waals surface area contributed by atoms with E-state index in [9.17, 15) is 9.59 Å². The van der Waals surface area contributed by atoms with Gasteiger partial charge in [-0.3, -0.25) is 0 Å². The van der Waals surface area contributed by atoms with Crippen molar-refractivity contribution in [3.8, 4) is 0 Å². The fourth-order valence-electron chi connectivity index (χ4n) is 1.87. The molecule has 9 nitrogen and oxygen atoms in total. The molecule has 0 aliphatic rings. The lowest BCUT2D eigenvalue weighted by Gasteiger charge is -2.23. The normalized spacial score (nSPS) is 12.1. The third kappa shape index (κ3) is 20.0. The highest BCUT2D eigenvalue weighted by Gasteiger charge is 2.20. The van der Waals surface area contributed by atoms with Crippen LogP contribution in [0, 0.1) is 0 Å². The summed E-state index contributed by atoms with van der Waals surface area (Å²) in [4.78, 5) is 23.0. The van der Waals surface area contributed by atoms with Gasteiger partial charge in [-0.05, 0) is 41.0 Å². The van der Waals surface area contributed by atoms with Crippen LogP contribution in [-0.2, 0) is 42.7 Å². The van der Waals surface area contributed by atoms with Crippen molar-refractivity contribution in [1.29, 1.82) is 0 Å². The second-order valence-corrected chi connectivity index (χ2v) is 8.12. The molecule has 178 valence electrons. The summed E-state index contributed by atoms with van der Waals surface area (Å²) < 4.78 is 36.8. The Kier molecular flexibility index (Phi) is 15.7. The predicted octanol–water partition coefficient (Wildman–Crippen LogP) is 2.14. The van der Waals surface area contributed by atoms with Gasteiger partial charge in [0.05, 0.1) is 52.9 Å². The number of rotatable bonds is 18. The zero-order chi connectivity index (χ0) is 22.9. The standard InChI is InChI=1S/C21H40O9/c1-7-21(5,6)30-19(23)17-28-15-13-26-11-9-24-8-10-25-12-14-27-16-18(22)29-20(2,3)4/h7-17H2,1-6H3. The van der Waals surface area contributed by atoms with Crippen LogP contribution >= 0.6 is 0 Å². The Morgan fingerprint density at radius 1 is 0.567 bits per heavy atom. The summed E-state index contributed by atoms with van der Waals surface area (Å²) >= 11 is 0. The lowest BCUT2D eigenvalue weighted by atomic mass is 10.1. The van der Waals surface area contributed by atoms with Crippen molar-refractivity contribution in [3.63, 3.8) is 0 Å². The van der Waals surface area contributed by atoms with E-state index < -0.39 is 17.2 Å². The van der Waals surface area contributed by atoms with Gasteiger partial charge in [0.25, 0.3) is 0 Å². The highest BCUT2D eigenvalue weighted by atomic mass is 16.6. The van der Waals surface area contributed by atoms with Crippen LogP contribution in [0.15, 0.2) is 0 Å². The van der Waals surface area contributed by atoms with E-state index in [1.165, 1.54) is 0 Å². The van der Waals surface area contributed by atoms with Crippen LogP contribution in [0.2, 0.25) is 0 Å². The van der Waals surface area contributed by atoms with E-state index in [1.807, 2.05) is 20.8 Å². The first kappa shape index (κ1) is 28.7. The van der Waals surface area contributed by atoms with Gasteiger partial charge in [0.1, 0.15) is 24.4 Å². The predicted molar refractivity (Wildman–Crippen MR) is 110 cm³/mol. The molecule has 0 aliphatic carbocycles. The molecule has 0 aromatic carbocycles. The average molecular weight is 437 g/mol. The Morgan fingerprint density at radius 2 is 0.900 bits per heavy atom. The van der Waals surface area contributed by atoms with Gasteiger partial charge in [-0.1, -0.05) is 6.92 Å². The fourth-order valence-corrected chi connectivity index (χ4v) is 1.87. The third-order valence-corrected chi connectivity index (χ3v) is 3.59. The number of hydrogen-bond acceptors (Lipinski definition) is 9. The molecule has 0 atom stereocenters. The minimum absolute atomic E-state index is 0.0812. The van der Waals surface area contributed by atoms with Gasteiger partial charge in [-0.25, -0.2) is 9.59 Å². The Hall–Kier alpha value is -1.26. The van der Waals surface area contributed by atoms with Crippen molar-refractivity contribution < 1.29 is 42.7 Å². The van der Waals surface area contributed by atoms with E-state index in [0.29, 0.717) is 52.9 Å². The Morgan fingerprint density at radius 3 is 1.23 bits per heavy atom. The summed E-state index contributed by atoms with van der Waals surface area (Å²) in [6, 6.07) is 0. The Bertz CT molecular complexity index is 458. The van der Waals surface area contributed by atoms with Crippen molar-refractivity contribution in [3.05, 3.63) is 0 Å². The van der Waals surface area contributed by atoms with Gasteiger partial charge >= 0.3 is 11.9 Å². The van der Waals surface area contributed by atoms with Crippen LogP contribution in [-0.4, -0.2) is 89.2 Å². The molecule has 0 bridgehead atoms. The first-order valence-electron chi connectivity index (χ1n) is 10.4. The van der Waals surface area contributed by atoms with Crippen molar-refractivity contribution in [2.75, 3.05) is 66.1 Å². The van der Waals surface area contributed by atoms with Crippen LogP contribution in [0.25, 0.3) is 0 Å². The Balaban J connectivity index is 3.30. The van der Waals surface area contributed by atoms with Gasteiger partial charge < -0.3 is 33.2 Å². The minimum atomic E-state index is -0.509. The molecular weight excluding hydrogens is 396 g/mol. The smallest absolute Gasteiger partial charge is 0.332 e. The van der Waals surface area contributed by atoms with Crippen LogP contribution < -0.4 is 0 Å². The summed E-state index contributed by atoms with van der Waals surface area (Å²) in [7, 11) is 0. The minimum Gasteiger partial charge on any atom is -0.458 e. The van der Waals surface area contributed by atoms with Crippen molar-refractivity contribution in [2.45, 2.75) is 59.2 Å². The molecule has 0 heterocycles. The van der Waals surface area contributed by atoms with E-state index in [4.69, 9.17) is 33.2 Å². The average Bonchev–Trinajstić information content (AvgIpc) is 2.63. The molecular formula is C21H40O9. The summed E-state index contributed by atoms with van der Waals surface area (Å²) in [6.45, 7) is 14.0. The molecule has 0 radical (unpaired) electrons. The summed E-state index contributed by atoms with van der Waals surface area (Å²) in [5.74, 6) is -0.767. The van der Waals surface area contributed by atoms with Gasteiger partial charge in [-0.15, -0.1) is 0 Å². The Labute approximate surface area is 180 Å². The van der Waals surface area contributed by atoms with Crippen LogP contribution in [0.5, 0.6) is 0 Å². The number of carbonyl (C=O) groups excluding carboxylic acids is 2. The SMILES string of the molecule is CCC(C)(C)OC(=O)COCCOCCOCCOCCOCC(=O)OC(C)(C)C. The molecule has 0 amide bonds. The topological polar surface area (TPSA) is 98.8 Å². The molecule has 0 aromatic rings. The number of carbonyl (C=O) groups is 2. The van der Waals surface area contributed by atoms with Gasteiger partial charge in [0.2, 0.25) is 0 Å². The first-order chi connectivity index (χ1) is 14.1. The largest absolute Gasteiger partial charge is 0.458 e. The first-order valence-corrected chi connectivity index (χ1v) is 10.4. The number of hydrogen-bond donors (Lipinski definition) is 0. The highest BCUT2D eigenvalue weighted by Crippen LogP contribution is 2.13. The summed E-state index contributed by atoms with van der Waals surface area (Å²) in [5, 5.41) is 0. The zero-order valence-corrected chi connectivity index (χ0v) is 19.5. The fraction of sp³-hybridized carbons (Fsp3) is 0.905. The van der Waals surface area contributed by atoms with E-state index in [-0.39, 0.29) is 19.2 Å². The van der Waals surface area contributed by atoms with Crippen LogP contribution in [0.3, 0.4) is 0 Å². The quantitative estimate of drug-likeness (QED) is 0.236. The monoisotopic (exact) mass is 436 g/mol. The van der Waals surface area contributed by atoms with E-state index in [0.717, 1.165) is 6.42 Å². The van der Waals surface area contributed by atoms with Crippen molar-refractivity contribution in [1.82, 2.24) is 0 Å². The maximum atomic E-state index is 11.6. The van der Waals surface area contributed by atoms with Gasteiger partial charge in [0, 0.05) is 0 Å².